The highest BCUT2D eigenvalue weighted by atomic mass is 16.3. The molecule has 0 fully saturated rings. The van der Waals surface area contributed by atoms with Crippen LogP contribution in [0.2, 0.25) is 0 Å². The van der Waals surface area contributed by atoms with Gasteiger partial charge in [0.25, 0.3) is 0 Å². The fraction of sp³-hybridized carbons (Fsp3) is 0.167. The van der Waals surface area contributed by atoms with Crippen LogP contribution in [0, 0.1) is 13.8 Å². The van der Waals surface area contributed by atoms with E-state index in [0.717, 1.165) is 33.5 Å². The van der Waals surface area contributed by atoms with Gasteiger partial charge in [-0.25, -0.2) is 0 Å². The minimum atomic E-state index is -0.683. The first-order valence-corrected chi connectivity index (χ1v) is 7.00. The summed E-state index contributed by atoms with van der Waals surface area (Å²) in [5.41, 5.74) is 5.87. The molecule has 2 aromatic carbocycles. The average Bonchev–Trinajstić information content (AvgIpc) is 2.95. The Hall–Kier alpha value is -2.39. The molecule has 2 N–H and O–H groups in total. The Balaban J connectivity index is 2.03. The standard InChI is InChI=1S/C18H18N2O/c1-12-8-13(2)10-15(9-12)18(21)16-11-19-20-17(16)14-6-4-3-5-7-14/h3-11,18,21H,1-2H3,(H,19,20). The number of nitrogens with zero attached hydrogens (tertiary/aromatic N) is 1. The molecule has 1 atom stereocenters. The summed E-state index contributed by atoms with van der Waals surface area (Å²) >= 11 is 0. The number of aromatic amines is 1. The van der Waals surface area contributed by atoms with E-state index in [9.17, 15) is 5.11 Å². The maximum atomic E-state index is 10.7. The van der Waals surface area contributed by atoms with E-state index in [4.69, 9.17) is 0 Å². The molecule has 1 heterocycles. The lowest BCUT2D eigenvalue weighted by Gasteiger charge is -2.13. The van der Waals surface area contributed by atoms with Crippen molar-refractivity contribution >= 4 is 0 Å². The number of aryl methyl sites for hydroxylation is 2. The van der Waals surface area contributed by atoms with Crippen LogP contribution in [0.1, 0.15) is 28.4 Å². The zero-order chi connectivity index (χ0) is 14.8. The summed E-state index contributed by atoms with van der Waals surface area (Å²) in [6.45, 7) is 4.08. The third kappa shape index (κ3) is 2.73. The first-order valence-electron chi connectivity index (χ1n) is 7.00. The molecule has 0 spiro atoms. The van der Waals surface area contributed by atoms with Gasteiger partial charge in [-0.3, -0.25) is 5.10 Å². The van der Waals surface area contributed by atoms with E-state index in [0.29, 0.717) is 0 Å². The summed E-state index contributed by atoms with van der Waals surface area (Å²) in [7, 11) is 0. The highest BCUT2D eigenvalue weighted by molar-refractivity contribution is 5.63. The van der Waals surface area contributed by atoms with Crippen LogP contribution in [-0.2, 0) is 0 Å². The van der Waals surface area contributed by atoms with Crippen molar-refractivity contribution in [2.75, 3.05) is 0 Å². The van der Waals surface area contributed by atoms with Crippen LogP contribution in [0.15, 0.2) is 54.7 Å². The molecule has 0 bridgehead atoms. The predicted molar refractivity (Wildman–Crippen MR) is 84.0 cm³/mol. The zero-order valence-corrected chi connectivity index (χ0v) is 12.2. The minimum Gasteiger partial charge on any atom is -0.384 e. The fourth-order valence-electron chi connectivity index (χ4n) is 2.69. The van der Waals surface area contributed by atoms with Crippen molar-refractivity contribution in [3.63, 3.8) is 0 Å². The van der Waals surface area contributed by atoms with Crippen molar-refractivity contribution in [2.24, 2.45) is 0 Å². The Morgan fingerprint density at radius 1 is 1.00 bits per heavy atom. The number of H-pyrrole nitrogens is 1. The third-order valence-electron chi connectivity index (χ3n) is 3.59. The van der Waals surface area contributed by atoms with E-state index in [2.05, 4.69) is 16.3 Å². The second-order valence-electron chi connectivity index (χ2n) is 5.39. The second kappa shape index (κ2) is 5.54. The third-order valence-corrected chi connectivity index (χ3v) is 3.59. The summed E-state index contributed by atoms with van der Waals surface area (Å²) < 4.78 is 0. The van der Waals surface area contributed by atoms with Gasteiger partial charge in [-0.2, -0.15) is 5.10 Å². The van der Waals surface area contributed by atoms with Gasteiger partial charge in [-0.1, -0.05) is 59.7 Å². The zero-order valence-electron chi connectivity index (χ0n) is 12.2. The fourth-order valence-corrected chi connectivity index (χ4v) is 2.69. The van der Waals surface area contributed by atoms with Gasteiger partial charge in [-0.15, -0.1) is 0 Å². The number of hydrogen-bond donors (Lipinski definition) is 2. The van der Waals surface area contributed by atoms with Crippen molar-refractivity contribution in [1.82, 2.24) is 10.2 Å². The largest absolute Gasteiger partial charge is 0.384 e. The van der Waals surface area contributed by atoms with Crippen LogP contribution in [0.4, 0.5) is 0 Å². The van der Waals surface area contributed by atoms with E-state index in [1.165, 1.54) is 0 Å². The van der Waals surface area contributed by atoms with Crippen molar-refractivity contribution in [3.05, 3.63) is 77.0 Å². The van der Waals surface area contributed by atoms with Gasteiger partial charge in [0.15, 0.2) is 0 Å². The summed E-state index contributed by atoms with van der Waals surface area (Å²) in [5.74, 6) is 0. The van der Waals surface area contributed by atoms with Crippen LogP contribution in [-0.4, -0.2) is 15.3 Å². The monoisotopic (exact) mass is 278 g/mol. The molecule has 3 rings (SSSR count). The summed E-state index contributed by atoms with van der Waals surface area (Å²) in [5, 5.41) is 17.8. The normalized spacial score (nSPS) is 12.3. The van der Waals surface area contributed by atoms with Gasteiger partial charge in [0.1, 0.15) is 6.10 Å². The lowest BCUT2D eigenvalue weighted by atomic mass is 9.96. The van der Waals surface area contributed by atoms with Crippen LogP contribution >= 0.6 is 0 Å². The Morgan fingerprint density at radius 2 is 1.67 bits per heavy atom. The molecule has 3 aromatic rings. The summed E-state index contributed by atoms with van der Waals surface area (Å²) in [6.07, 6.45) is 1.02. The molecule has 0 aliphatic carbocycles. The lowest BCUT2D eigenvalue weighted by molar-refractivity contribution is 0.221. The number of aliphatic hydroxyl groups is 1. The molecule has 0 aliphatic heterocycles. The minimum absolute atomic E-state index is 0.683. The average molecular weight is 278 g/mol. The van der Waals surface area contributed by atoms with Crippen LogP contribution in [0.3, 0.4) is 0 Å². The highest BCUT2D eigenvalue weighted by Crippen LogP contribution is 2.30. The van der Waals surface area contributed by atoms with Crippen molar-refractivity contribution in [3.8, 4) is 11.3 Å². The van der Waals surface area contributed by atoms with E-state index < -0.39 is 6.10 Å². The summed E-state index contributed by atoms with van der Waals surface area (Å²) in [4.78, 5) is 0. The number of nitrogens with one attached hydrogen (secondary N) is 1. The number of aromatic nitrogens is 2. The van der Waals surface area contributed by atoms with Gasteiger partial charge in [0.05, 0.1) is 11.9 Å². The molecule has 0 radical (unpaired) electrons. The molecule has 0 aliphatic rings. The molecule has 3 nitrogen and oxygen atoms in total. The molecular formula is C18H18N2O. The molecule has 0 saturated carbocycles. The van der Waals surface area contributed by atoms with Crippen LogP contribution in [0.5, 0.6) is 0 Å². The molecular weight excluding hydrogens is 260 g/mol. The smallest absolute Gasteiger partial charge is 0.108 e. The number of rotatable bonds is 3. The SMILES string of the molecule is Cc1cc(C)cc(C(O)c2cn[nH]c2-c2ccccc2)c1. The Kier molecular flexibility index (Phi) is 3.59. The molecule has 1 unspecified atom stereocenters. The first kappa shape index (κ1) is 13.6. The molecule has 21 heavy (non-hydrogen) atoms. The van der Waals surface area contributed by atoms with Gasteiger partial charge < -0.3 is 5.11 Å². The topological polar surface area (TPSA) is 48.9 Å². The number of benzene rings is 2. The Bertz CT molecular complexity index is 727. The van der Waals surface area contributed by atoms with E-state index >= 15 is 0 Å². The van der Waals surface area contributed by atoms with Crippen LogP contribution in [0.25, 0.3) is 11.3 Å². The van der Waals surface area contributed by atoms with Crippen molar-refractivity contribution in [2.45, 2.75) is 20.0 Å². The number of hydrogen-bond acceptors (Lipinski definition) is 2. The summed E-state index contributed by atoms with van der Waals surface area (Å²) in [6, 6.07) is 16.1. The molecule has 3 heteroatoms. The van der Waals surface area contributed by atoms with E-state index in [1.807, 2.05) is 56.3 Å². The molecule has 106 valence electrons. The second-order valence-corrected chi connectivity index (χ2v) is 5.39. The Morgan fingerprint density at radius 3 is 2.33 bits per heavy atom. The Labute approximate surface area is 124 Å². The van der Waals surface area contributed by atoms with Gasteiger partial charge >= 0.3 is 0 Å². The van der Waals surface area contributed by atoms with Crippen LogP contribution < -0.4 is 0 Å². The highest BCUT2D eigenvalue weighted by Gasteiger charge is 2.18. The van der Waals surface area contributed by atoms with Gasteiger partial charge in [0.2, 0.25) is 0 Å². The molecule has 0 saturated heterocycles. The van der Waals surface area contributed by atoms with E-state index in [-0.39, 0.29) is 0 Å². The number of aliphatic hydroxyl groups excluding tert-OH is 1. The van der Waals surface area contributed by atoms with Crippen molar-refractivity contribution < 1.29 is 5.11 Å². The van der Waals surface area contributed by atoms with Gasteiger partial charge in [-0.05, 0) is 25.0 Å². The molecule has 1 aromatic heterocycles. The maximum absolute atomic E-state index is 10.7. The lowest BCUT2D eigenvalue weighted by Crippen LogP contribution is -2.01. The maximum Gasteiger partial charge on any atom is 0.108 e. The first-order chi connectivity index (χ1) is 10.1. The predicted octanol–water partition coefficient (Wildman–Crippen LogP) is 3.78. The molecule has 0 amide bonds. The van der Waals surface area contributed by atoms with Gasteiger partial charge in [0, 0.05) is 5.56 Å². The van der Waals surface area contributed by atoms with Crippen molar-refractivity contribution in [1.29, 1.82) is 0 Å². The van der Waals surface area contributed by atoms with E-state index in [1.54, 1.807) is 6.20 Å². The quantitative estimate of drug-likeness (QED) is 0.766.